The minimum absolute atomic E-state index is 0.107. The number of hydrogen-bond acceptors (Lipinski definition) is 5. The van der Waals surface area contributed by atoms with Gasteiger partial charge in [-0.2, -0.15) is 0 Å². The van der Waals surface area contributed by atoms with Gasteiger partial charge in [-0.3, -0.25) is 9.59 Å². The highest BCUT2D eigenvalue weighted by atomic mass is 16.5. The highest BCUT2D eigenvalue weighted by molar-refractivity contribution is 5.97. The van der Waals surface area contributed by atoms with Crippen molar-refractivity contribution in [1.29, 1.82) is 0 Å². The van der Waals surface area contributed by atoms with Crippen molar-refractivity contribution >= 4 is 11.9 Å². The Morgan fingerprint density at radius 3 is 2.75 bits per heavy atom. The average molecular weight is 335 g/mol. The molecule has 0 saturated carbocycles. The van der Waals surface area contributed by atoms with E-state index in [1.165, 1.54) is 7.11 Å². The van der Waals surface area contributed by atoms with Crippen molar-refractivity contribution in [3.63, 3.8) is 0 Å². The van der Waals surface area contributed by atoms with Gasteiger partial charge in [-0.05, 0) is 43.9 Å². The predicted molar refractivity (Wildman–Crippen MR) is 88.5 cm³/mol. The number of aliphatic hydroxyl groups excluding tert-OH is 2. The minimum atomic E-state index is -0.989. The Morgan fingerprint density at radius 1 is 1.42 bits per heavy atom. The van der Waals surface area contributed by atoms with Crippen LogP contribution in [0.15, 0.2) is 18.2 Å². The Labute approximate surface area is 142 Å². The highest BCUT2D eigenvalue weighted by Crippen LogP contribution is 2.26. The smallest absolute Gasteiger partial charge is 0.311 e. The summed E-state index contributed by atoms with van der Waals surface area (Å²) in [5.74, 6) is -0.399. The lowest BCUT2D eigenvalue weighted by Gasteiger charge is -2.31. The van der Waals surface area contributed by atoms with Gasteiger partial charge in [-0.1, -0.05) is 12.1 Å². The van der Waals surface area contributed by atoms with E-state index in [9.17, 15) is 14.7 Å². The molecule has 1 aliphatic heterocycles. The fourth-order valence-corrected chi connectivity index (χ4v) is 2.86. The third-order valence-corrected chi connectivity index (χ3v) is 4.61. The molecule has 0 aromatic heterocycles. The van der Waals surface area contributed by atoms with E-state index in [1.54, 1.807) is 30.9 Å². The van der Waals surface area contributed by atoms with Crippen LogP contribution in [0, 0.1) is 5.41 Å². The van der Waals surface area contributed by atoms with Gasteiger partial charge in [0.05, 0.1) is 19.1 Å². The lowest BCUT2D eigenvalue weighted by Crippen LogP contribution is -2.40. The molecule has 1 heterocycles. The molecule has 1 aromatic rings. The Bertz CT molecular complexity index is 626. The summed E-state index contributed by atoms with van der Waals surface area (Å²) in [6.45, 7) is 4.29. The van der Waals surface area contributed by atoms with Crippen LogP contribution in [0.2, 0.25) is 0 Å². The molecule has 1 amide bonds. The number of esters is 1. The van der Waals surface area contributed by atoms with E-state index >= 15 is 0 Å². The number of nitrogens with zero attached hydrogens (tertiary/aromatic N) is 1. The zero-order chi connectivity index (χ0) is 17.9. The molecule has 0 radical (unpaired) electrons. The van der Waals surface area contributed by atoms with Crippen molar-refractivity contribution in [3.8, 4) is 0 Å². The van der Waals surface area contributed by atoms with E-state index in [0.717, 1.165) is 12.0 Å². The molecular formula is C18H25NO5. The van der Waals surface area contributed by atoms with E-state index in [0.29, 0.717) is 30.6 Å². The zero-order valence-electron chi connectivity index (χ0n) is 14.4. The minimum Gasteiger partial charge on any atom is -0.469 e. The first-order valence-electron chi connectivity index (χ1n) is 8.09. The maximum absolute atomic E-state index is 12.7. The van der Waals surface area contributed by atoms with Crippen LogP contribution in [0.25, 0.3) is 0 Å². The number of carbonyl (C=O) groups excluding carboxylic acids is 2. The van der Waals surface area contributed by atoms with Gasteiger partial charge >= 0.3 is 5.97 Å². The molecule has 0 fully saturated rings. The summed E-state index contributed by atoms with van der Waals surface area (Å²) >= 11 is 0. The van der Waals surface area contributed by atoms with E-state index in [2.05, 4.69) is 0 Å². The number of ether oxygens (including phenoxy) is 1. The maximum atomic E-state index is 12.7. The van der Waals surface area contributed by atoms with Crippen LogP contribution in [0.3, 0.4) is 0 Å². The largest absolute Gasteiger partial charge is 0.469 e. The fourth-order valence-electron chi connectivity index (χ4n) is 2.86. The lowest BCUT2D eigenvalue weighted by atomic mass is 9.88. The molecule has 24 heavy (non-hydrogen) atoms. The standard InChI is InChI=1S/C18H25NO5/c1-18(2,17(23)24-3)7-9-19-8-6-12-4-5-13(15(21)11-20)10-14(12)16(19)22/h4-5,10,15,20-21H,6-9,11H2,1-3H3. The molecule has 1 atom stereocenters. The molecule has 2 N–H and O–H groups in total. The Balaban J connectivity index is 2.12. The Kier molecular flexibility index (Phi) is 5.62. The molecule has 0 bridgehead atoms. The van der Waals surface area contributed by atoms with Crippen LogP contribution in [0.5, 0.6) is 0 Å². The van der Waals surface area contributed by atoms with Crippen LogP contribution in [0.4, 0.5) is 0 Å². The molecule has 0 saturated heterocycles. The van der Waals surface area contributed by atoms with Gasteiger partial charge in [0.25, 0.3) is 5.91 Å². The molecular weight excluding hydrogens is 310 g/mol. The summed E-state index contributed by atoms with van der Waals surface area (Å²) in [5, 5.41) is 18.8. The number of benzene rings is 1. The van der Waals surface area contributed by atoms with Crippen molar-refractivity contribution in [3.05, 3.63) is 34.9 Å². The van der Waals surface area contributed by atoms with Gasteiger partial charge in [0.2, 0.25) is 0 Å². The average Bonchev–Trinajstić information content (AvgIpc) is 2.59. The first kappa shape index (κ1) is 18.4. The first-order chi connectivity index (χ1) is 11.3. The van der Waals surface area contributed by atoms with E-state index in [4.69, 9.17) is 9.84 Å². The van der Waals surface area contributed by atoms with Gasteiger partial charge in [0.1, 0.15) is 6.10 Å². The SMILES string of the molecule is COC(=O)C(C)(C)CCN1CCc2ccc(C(O)CO)cc2C1=O. The number of rotatable bonds is 6. The maximum Gasteiger partial charge on any atom is 0.311 e. The number of aliphatic hydroxyl groups is 2. The number of amides is 1. The van der Waals surface area contributed by atoms with Crippen LogP contribution in [-0.4, -0.2) is 53.8 Å². The molecule has 1 unspecified atom stereocenters. The third kappa shape index (κ3) is 3.76. The van der Waals surface area contributed by atoms with E-state index in [-0.39, 0.29) is 18.5 Å². The van der Waals surface area contributed by atoms with Gasteiger partial charge in [-0.25, -0.2) is 0 Å². The van der Waals surface area contributed by atoms with Crippen molar-refractivity contribution in [2.75, 3.05) is 26.8 Å². The highest BCUT2D eigenvalue weighted by Gasteiger charge is 2.31. The van der Waals surface area contributed by atoms with Crippen molar-refractivity contribution in [2.45, 2.75) is 32.8 Å². The molecule has 6 heteroatoms. The van der Waals surface area contributed by atoms with Crippen molar-refractivity contribution < 1.29 is 24.5 Å². The molecule has 132 valence electrons. The van der Waals surface area contributed by atoms with Crippen molar-refractivity contribution in [1.82, 2.24) is 4.90 Å². The van der Waals surface area contributed by atoms with Gasteiger partial charge in [0, 0.05) is 18.7 Å². The monoisotopic (exact) mass is 335 g/mol. The summed E-state index contributed by atoms with van der Waals surface area (Å²) in [6.07, 6.45) is 0.256. The molecule has 1 aromatic carbocycles. The predicted octanol–water partition coefficient (Wildman–Crippen LogP) is 1.30. The molecule has 6 nitrogen and oxygen atoms in total. The van der Waals surface area contributed by atoms with E-state index < -0.39 is 11.5 Å². The normalized spacial score (nSPS) is 15.9. The Morgan fingerprint density at radius 2 is 2.12 bits per heavy atom. The third-order valence-electron chi connectivity index (χ3n) is 4.61. The lowest BCUT2D eigenvalue weighted by molar-refractivity contribution is -0.151. The topological polar surface area (TPSA) is 87.1 Å². The summed E-state index contributed by atoms with van der Waals surface area (Å²) in [7, 11) is 1.36. The Hall–Kier alpha value is -1.92. The number of carbonyl (C=O) groups is 2. The van der Waals surface area contributed by atoms with Gasteiger partial charge in [0.15, 0.2) is 0 Å². The van der Waals surface area contributed by atoms with Crippen molar-refractivity contribution in [2.24, 2.45) is 5.41 Å². The van der Waals surface area contributed by atoms with Crippen LogP contribution < -0.4 is 0 Å². The zero-order valence-corrected chi connectivity index (χ0v) is 14.4. The number of hydrogen-bond donors (Lipinski definition) is 2. The number of fused-ring (bicyclic) bond motifs is 1. The van der Waals surface area contributed by atoms with E-state index in [1.807, 2.05) is 6.07 Å². The second-order valence-corrected chi connectivity index (χ2v) is 6.78. The molecule has 1 aliphatic rings. The molecule has 0 aliphatic carbocycles. The van der Waals surface area contributed by atoms with Gasteiger partial charge in [-0.15, -0.1) is 0 Å². The summed E-state index contributed by atoms with van der Waals surface area (Å²) in [4.78, 5) is 26.2. The molecule has 2 rings (SSSR count). The first-order valence-corrected chi connectivity index (χ1v) is 8.09. The summed E-state index contributed by atoms with van der Waals surface area (Å²) < 4.78 is 4.80. The molecule has 0 spiro atoms. The second-order valence-electron chi connectivity index (χ2n) is 6.78. The summed E-state index contributed by atoms with van der Waals surface area (Å²) in [6, 6.07) is 5.22. The van der Waals surface area contributed by atoms with Gasteiger partial charge < -0.3 is 19.8 Å². The van der Waals surface area contributed by atoms with Crippen LogP contribution in [0.1, 0.15) is 47.9 Å². The quantitative estimate of drug-likeness (QED) is 0.765. The van der Waals surface area contributed by atoms with Crippen LogP contribution in [-0.2, 0) is 16.0 Å². The fraction of sp³-hybridized carbons (Fsp3) is 0.556. The van der Waals surface area contributed by atoms with Crippen LogP contribution >= 0.6 is 0 Å². The summed E-state index contributed by atoms with van der Waals surface area (Å²) in [5.41, 5.74) is 1.38. The number of methoxy groups -OCH3 is 1. The second kappa shape index (κ2) is 7.32.